The molecule has 7 nitrogen and oxygen atoms in total. The molecule has 2 aromatic rings. The highest BCUT2D eigenvalue weighted by atomic mass is 16.5. The first-order valence-corrected chi connectivity index (χ1v) is 8.57. The Morgan fingerprint density at radius 1 is 0.964 bits per heavy atom. The summed E-state index contributed by atoms with van der Waals surface area (Å²) in [6.45, 7) is 0.109. The number of pyridine rings is 1. The van der Waals surface area contributed by atoms with Crippen molar-refractivity contribution < 1.29 is 23.8 Å². The smallest absolute Gasteiger partial charge is 0.355 e. The molecule has 0 bridgehead atoms. The fraction of sp³-hybridized carbons (Fsp3) is 0.190. The van der Waals surface area contributed by atoms with Gasteiger partial charge in [-0.15, -0.1) is 0 Å². The monoisotopic (exact) mass is 380 g/mol. The van der Waals surface area contributed by atoms with Crippen molar-refractivity contribution in [3.05, 3.63) is 71.2 Å². The Morgan fingerprint density at radius 3 is 2.18 bits per heavy atom. The molecule has 0 amide bonds. The number of aromatic nitrogens is 1. The molecular weight excluding hydrogens is 360 g/mol. The van der Waals surface area contributed by atoms with Crippen LogP contribution < -0.4 is 4.90 Å². The molecule has 0 unspecified atom stereocenters. The fourth-order valence-corrected chi connectivity index (χ4v) is 2.78. The molecule has 0 radical (unpaired) electrons. The van der Waals surface area contributed by atoms with Gasteiger partial charge >= 0.3 is 11.9 Å². The minimum absolute atomic E-state index is 0.0135. The number of carbonyl (C=O) groups is 2. The van der Waals surface area contributed by atoms with Crippen molar-refractivity contribution in [3.63, 3.8) is 0 Å². The number of ether oxygens (including phenoxy) is 3. The summed E-state index contributed by atoms with van der Waals surface area (Å²) in [5.74, 6) is -1.24. The lowest BCUT2D eigenvalue weighted by molar-refractivity contribution is -0.140. The van der Waals surface area contributed by atoms with E-state index in [1.807, 2.05) is 48.6 Å². The summed E-state index contributed by atoms with van der Waals surface area (Å²) in [6, 6.07) is 11.3. The molecule has 0 saturated heterocycles. The second-order valence-electron chi connectivity index (χ2n) is 5.92. The molecule has 1 aliphatic heterocycles. The molecule has 1 aromatic carbocycles. The van der Waals surface area contributed by atoms with Crippen molar-refractivity contribution in [1.29, 1.82) is 0 Å². The number of nitrogens with zero attached hydrogens (tertiary/aromatic N) is 2. The molecule has 0 atom stereocenters. The van der Waals surface area contributed by atoms with Crippen molar-refractivity contribution in [2.75, 3.05) is 32.5 Å². The highest BCUT2D eigenvalue weighted by Gasteiger charge is 2.32. The van der Waals surface area contributed by atoms with Crippen LogP contribution in [0.5, 0.6) is 0 Å². The zero-order chi connectivity index (χ0) is 19.9. The van der Waals surface area contributed by atoms with Crippen LogP contribution in [0.1, 0.15) is 11.1 Å². The van der Waals surface area contributed by atoms with Crippen molar-refractivity contribution in [2.45, 2.75) is 0 Å². The van der Waals surface area contributed by atoms with Gasteiger partial charge in [-0.05, 0) is 35.4 Å². The van der Waals surface area contributed by atoms with Crippen LogP contribution in [0.15, 0.2) is 60.1 Å². The second-order valence-corrected chi connectivity index (χ2v) is 5.92. The summed E-state index contributed by atoms with van der Waals surface area (Å²) in [4.78, 5) is 29.9. The van der Waals surface area contributed by atoms with E-state index in [-0.39, 0.29) is 24.6 Å². The minimum Gasteiger partial charge on any atom is -0.466 e. The molecule has 0 spiro atoms. The maximum Gasteiger partial charge on any atom is 0.355 e. The molecule has 28 heavy (non-hydrogen) atoms. The molecule has 7 heteroatoms. The lowest BCUT2D eigenvalue weighted by atomic mass is 10.1. The number of anilines is 1. The second kappa shape index (κ2) is 8.96. The van der Waals surface area contributed by atoms with E-state index < -0.39 is 11.9 Å². The Labute approximate surface area is 162 Å². The Balaban J connectivity index is 1.88. The van der Waals surface area contributed by atoms with E-state index in [9.17, 15) is 9.59 Å². The standard InChI is InChI=1S/C21H20N2O5/c1-26-20(24)18-13-28-14-23(19(18)21(25)27-2)17-7-5-15(6-8-17)3-4-16-9-11-22-12-10-16/h3-12H,13-14H2,1-2H3. The summed E-state index contributed by atoms with van der Waals surface area (Å²) >= 11 is 0. The highest BCUT2D eigenvalue weighted by molar-refractivity contribution is 6.03. The largest absolute Gasteiger partial charge is 0.466 e. The molecule has 0 fully saturated rings. The van der Waals surface area contributed by atoms with E-state index in [0.29, 0.717) is 5.69 Å². The molecule has 0 saturated carbocycles. The summed E-state index contributed by atoms with van der Waals surface area (Å²) < 4.78 is 15.1. The number of rotatable bonds is 5. The predicted molar refractivity (Wildman–Crippen MR) is 104 cm³/mol. The fourth-order valence-electron chi connectivity index (χ4n) is 2.78. The van der Waals surface area contributed by atoms with Crippen LogP contribution in [0.3, 0.4) is 0 Å². The van der Waals surface area contributed by atoms with Crippen LogP contribution in [0.4, 0.5) is 5.69 Å². The maximum absolute atomic E-state index is 12.3. The third kappa shape index (κ3) is 4.27. The highest BCUT2D eigenvalue weighted by Crippen LogP contribution is 2.27. The van der Waals surface area contributed by atoms with Gasteiger partial charge in [-0.2, -0.15) is 0 Å². The first kappa shape index (κ1) is 19.3. The van der Waals surface area contributed by atoms with Gasteiger partial charge in [-0.25, -0.2) is 9.59 Å². The van der Waals surface area contributed by atoms with E-state index in [2.05, 4.69) is 4.98 Å². The Hall–Kier alpha value is -3.45. The number of benzene rings is 1. The van der Waals surface area contributed by atoms with Crippen LogP contribution in [0.25, 0.3) is 12.2 Å². The SMILES string of the molecule is COC(=O)C1=C(C(=O)OC)N(c2ccc(C=Cc3ccncc3)cc2)COC1. The minimum atomic E-state index is -0.623. The van der Waals surface area contributed by atoms with Gasteiger partial charge in [0.25, 0.3) is 0 Å². The lowest BCUT2D eigenvalue weighted by Crippen LogP contribution is -2.38. The zero-order valence-corrected chi connectivity index (χ0v) is 15.6. The molecule has 0 N–H and O–H groups in total. The van der Waals surface area contributed by atoms with Gasteiger partial charge in [0.1, 0.15) is 12.4 Å². The number of carbonyl (C=O) groups excluding carboxylic acids is 2. The quantitative estimate of drug-likeness (QED) is 0.738. The van der Waals surface area contributed by atoms with E-state index in [4.69, 9.17) is 14.2 Å². The topological polar surface area (TPSA) is 78.0 Å². The average molecular weight is 380 g/mol. The summed E-state index contributed by atoms with van der Waals surface area (Å²) in [6.07, 6.45) is 7.43. The molecule has 144 valence electrons. The van der Waals surface area contributed by atoms with Gasteiger partial charge in [0.15, 0.2) is 0 Å². The number of hydrogen-bond acceptors (Lipinski definition) is 7. The Morgan fingerprint density at radius 2 is 1.57 bits per heavy atom. The molecular formula is C21H20N2O5. The number of methoxy groups -OCH3 is 2. The van der Waals surface area contributed by atoms with Crippen molar-refractivity contribution in [3.8, 4) is 0 Å². The molecule has 2 heterocycles. The van der Waals surface area contributed by atoms with Crippen molar-refractivity contribution in [1.82, 2.24) is 4.98 Å². The summed E-state index contributed by atoms with van der Waals surface area (Å²) in [5, 5.41) is 0. The lowest BCUT2D eigenvalue weighted by Gasteiger charge is -2.31. The van der Waals surface area contributed by atoms with Crippen LogP contribution in [-0.2, 0) is 23.8 Å². The maximum atomic E-state index is 12.3. The van der Waals surface area contributed by atoms with E-state index >= 15 is 0 Å². The van der Waals surface area contributed by atoms with Gasteiger partial charge < -0.3 is 19.1 Å². The molecule has 3 rings (SSSR count). The summed E-state index contributed by atoms with van der Waals surface area (Å²) in [7, 11) is 2.53. The van der Waals surface area contributed by atoms with Gasteiger partial charge in [-0.1, -0.05) is 24.3 Å². The van der Waals surface area contributed by atoms with E-state index in [0.717, 1.165) is 11.1 Å². The molecule has 1 aromatic heterocycles. The number of hydrogen-bond donors (Lipinski definition) is 0. The van der Waals surface area contributed by atoms with Gasteiger partial charge in [0.05, 0.1) is 26.4 Å². The van der Waals surface area contributed by atoms with Gasteiger partial charge in [0.2, 0.25) is 0 Å². The average Bonchev–Trinajstić information content (AvgIpc) is 2.77. The third-order valence-electron chi connectivity index (χ3n) is 4.21. The van der Waals surface area contributed by atoms with Crippen molar-refractivity contribution in [2.24, 2.45) is 0 Å². The normalized spacial score (nSPS) is 14.3. The van der Waals surface area contributed by atoms with Gasteiger partial charge in [-0.3, -0.25) is 4.98 Å². The Bertz CT molecular complexity index is 904. The first-order valence-electron chi connectivity index (χ1n) is 8.57. The van der Waals surface area contributed by atoms with Crippen LogP contribution in [0, 0.1) is 0 Å². The molecule has 0 aliphatic carbocycles. The molecule has 1 aliphatic rings. The van der Waals surface area contributed by atoms with Gasteiger partial charge in [0, 0.05) is 18.1 Å². The predicted octanol–water partition coefficient (Wildman–Crippen LogP) is 2.65. The first-order chi connectivity index (χ1) is 13.6. The zero-order valence-electron chi connectivity index (χ0n) is 15.6. The Kier molecular flexibility index (Phi) is 6.18. The van der Waals surface area contributed by atoms with Crippen LogP contribution >= 0.6 is 0 Å². The summed E-state index contributed by atoms with van der Waals surface area (Å²) in [5.41, 5.74) is 2.97. The van der Waals surface area contributed by atoms with Crippen molar-refractivity contribution >= 4 is 29.8 Å². The third-order valence-corrected chi connectivity index (χ3v) is 4.21. The van der Waals surface area contributed by atoms with E-state index in [1.54, 1.807) is 17.3 Å². The van der Waals surface area contributed by atoms with E-state index in [1.165, 1.54) is 14.2 Å². The van der Waals surface area contributed by atoms with Crippen LogP contribution in [0.2, 0.25) is 0 Å². The van der Waals surface area contributed by atoms with Crippen LogP contribution in [-0.4, -0.2) is 44.5 Å². The number of esters is 2.